The fourth-order valence-electron chi connectivity index (χ4n) is 6.16. The number of rotatable bonds is 5. The molecule has 0 amide bonds. The minimum atomic E-state index is 0.717. The topological polar surface area (TPSA) is 24.1 Å². The van der Waals surface area contributed by atoms with Crippen LogP contribution in [0, 0.1) is 35.5 Å². The van der Waals surface area contributed by atoms with Crippen molar-refractivity contribution in [2.45, 2.75) is 96.9 Å². The number of hydrogen-bond acceptors (Lipinski definition) is 2. The van der Waals surface area contributed by atoms with Crippen molar-refractivity contribution >= 4 is 0 Å². The smallest absolute Gasteiger partial charge is 0.0246 e. The van der Waals surface area contributed by atoms with Crippen molar-refractivity contribution in [1.29, 1.82) is 0 Å². The average molecular weight is 335 g/mol. The zero-order valence-electron chi connectivity index (χ0n) is 16.5. The molecule has 3 saturated carbocycles. The van der Waals surface area contributed by atoms with E-state index in [0.29, 0.717) is 0 Å². The van der Waals surface area contributed by atoms with E-state index in [2.05, 4.69) is 31.7 Å². The SMILES string of the molecule is CNNC1CC(CC2CCC(C)CC2)CCC1C1CCC(C)CC1. The Labute approximate surface area is 150 Å². The minimum Gasteiger partial charge on any atom is -0.261 e. The lowest BCUT2D eigenvalue weighted by molar-refractivity contribution is 0.0920. The Morgan fingerprint density at radius 2 is 1.29 bits per heavy atom. The quantitative estimate of drug-likeness (QED) is 0.645. The monoisotopic (exact) mass is 334 g/mol. The van der Waals surface area contributed by atoms with Gasteiger partial charge >= 0.3 is 0 Å². The third-order valence-corrected chi connectivity index (χ3v) is 7.81. The summed E-state index contributed by atoms with van der Waals surface area (Å²) in [6, 6.07) is 0.717. The van der Waals surface area contributed by atoms with E-state index in [-0.39, 0.29) is 0 Å². The Morgan fingerprint density at radius 3 is 1.92 bits per heavy atom. The third kappa shape index (κ3) is 4.97. The highest BCUT2D eigenvalue weighted by Crippen LogP contribution is 2.44. The van der Waals surface area contributed by atoms with Gasteiger partial charge in [-0.15, -0.1) is 0 Å². The molecule has 3 unspecified atom stereocenters. The van der Waals surface area contributed by atoms with E-state index in [0.717, 1.165) is 41.5 Å². The van der Waals surface area contributed by atoms with Gasteiger partial charge in [-0.3, -0.25) is 10.9 Å². The molecule has 2 N–H and O–H groups in total. The number of hydrogen-bond donors (Lipinski definition) is 2. The van der Waals surface area contributed by atoms with Crippen LogP contribution in [0.3, 0.4) is 0 Å². The molecule has 3 atom stereocenters. The molecule has 2 heteroatoms. The van der Waals surface area contributed by atoms with Gasteiger partial charge in [0.2, 0.25) is 0 Å². The van der Waals surface area contributed by atoms with Gasteiger partial charge in [0, 0.05) is 6.04 Å². The summed E-state index contributed by atoms with van der Waals surface area (Å²) in [5.74, 6) is 5.89. The Kier molecular flexibility index (Phi) is 7.04. The van der Waals surface area contributed by atoms with Gasteiger partial charge < -0.3 is 0 Å². The molecule has 24 heavy (non-hydrogen) atoms. The van der Waals surface area contributed by atoms with Crippen molar-refractivity contribution in [3.8, 4) is 0 Å². The summed E-state index contributed by atoms with van der Waals surface area (Å²) >= 11 is 0. The number of hydrazine groups is 1. The van der Waals surface area contributed by atoms with Gasteiger partial charge in [0.1, 0.15) is 0 Å². The predicted octanol–water partition coefficient (Wildman–Crippen LogP) is 5.54. The van der Waals surface area contributed by atoms with Crippen molar-refractivity contribution in [2.24, 2.45) is 35.5 Å². The maximum absolute atomic E-state index is 3.67. The summed E-state index contributed by atoms with van der Waals surface area (Å²) in [7, 11) is 2.06. The normalized spacial score (nSPS) is 44.4. The molecule has 3 fully saturated rings. The summed E-state index contributed by atoms with van der Waals surface area (Å²) in [4.78, 5) is 0. The van der Waals surface area contributed by atoms with Crippen molar-refractivity contribution < 1.29 is 0 Å². The molecule has 0 aliphatic heterocycles. The second-order valence-electron chi connectivity index (χ2n) is 9.73. The second kappa shape index (κ2) is 9.03. The molecule has 3 aliphatic rings. The minimum absolute atomic E-state index is 0.717. The Hall–Kier alpha value is -0.0800. The Bertz CT molecular complexity index is 353. The molecular weight excluding hydrogens is 292 g/mol. The lowest BCUT2D eigenvalue weighted by Crippen LogP contribution is -2.49. The van der Waals surface area contributed by atoms with Crippen LogP contribution in [0.2, 0.25) is 0 Å². The van der Waals surface area contributed by atoms with Crippen LogP contribution in [-0.4, -0.2) is 13.1 Å². The largest absolute Gasteiger partial charge is 0.261 e. The highest BCUT2D eigenvalue weighted by Gasteiger charge is 2.37. The molecule has 3 rings (SSSR count). The molecule has 140 valence electrons. The molecule has 0 aromatic carbocycles. The van der Waals surface area contributed by atoms with E-state index in [1.807, 2.05) is 0 Å². The van der Waals surface area contributed by atoms with E-state index in [9.17, 15) is 0 Å². The van der Waals surface area contributed by atoms with Crippen molar-refractivity contribution in [3.63, 3.8) is 0 Å². The first-order valence-electron chi connectivity index (χ1n) is 11.1. The summed E-state index contributed by atoms with van der Waals surface area (Å²) in [6.45, 7) is 4.89. The van der Waals surface area contributed by atoms with Crippen molar-refractivity contribution in [2.75, 3.05) is 7.05 Å². The molecule has 2 nitrogen and oxygen atoms in total. The first kappa shape index (κ1) is 18.7. The average Bonchev–Trinajstić information content (AvgIpc) is 2.59. The molecule has 0 aromatic rings. The van der Waals surface area contributed by atoms with Crippen LogP contribution in [0.4, 0.5) is 0 Å². The first-order chi connectivity index (χ1) is 11.7. The lowest BCUT2D eigenvalue weighted by Gasteiger charge is -2.43. The van der Waals surface area contributed by atoms with Crippen LogP contribution in [0.5, 0.6) is 0 Å². The highest BCUT2D eigenvalue weighted by atomic mass is 15.4. The van der Waals surface area contributed by atoms with Crippen LogP contribution >= 0.6 is 0 Å². The van der Waals surface area contributed by atoms with Crippen LogP contribution in [-0.2, 0) is 0 Å². The molecule has 0 spiro atoms. The molecular formula is C22H42N2. The second-order valence-corrected chi connectivity index (χ2v) is 9.73. The van der Waals surface area contributed by atoms with E-state index < -0.39 is 0 Å². The molecule has 0 radical (unpaired) electrons. The van der Waals surface area contributed by atoms with Gasteiger partial charge in [-0.2, -0.15) is 0 Å². The van der Waals surface area contributed by atoms with Crippen LogP contribution in [0.1, 0.15) is 90.9 Å². The zero-order valence-corrected chi connectivity index (χ0v) is 16.5. The maximum Gasteiger partial charge on any atom is 0.0246 e. The number of nitrogens with one attached hydrogen (secondary N) is 2. The molecule has 0 heterocycles. The third-order valence-electron chi connectivity index (χ3n) is 7.81. The lowest BCUT2D eigenvalue weighted by atomic mass is 9.65. The first-order valence-corrected chi connectivity index (χ1v) is 11.1. The fourth-order valence-corrected chi connectivity index (χ4v) is 6.16. The van der Waals surface area contributed by atoms with Gasteiger partial charge in [-0.1, -0.05) is 58.8 Å². The van der Waals surface area contributed by atoms with E-state index in [4.69, 9.17) is 0 Å². The van der Waals surface area contributed by atoms with E-state index >= 15 is 0 Å². The van der Waals surface area contributed by atoms with Crippen LogP contribution in [0.25, 0.3) is 0 Å². The van der Waals surface area contributed by atoms with E-state index in [1.165, 1.54) is 77.0 Å². The van der Waals surface area contributed by atoms with Gasteiger partial charge in [-0.25, -0.2) is 0 Å². The summed E-state index contributed by atoms with van der Waals surface area (Å²) in [6.07, 6.45) is 17.8. The van der Waals surface area contributed by atoms with Gasteiger partial charge in [-0.05, 0) is 74.7 Å². The zero-order chi connectivity index (χ0) is 16.9. The van der Waals surface area contributed by atoms with E-state index in [1.54, 1.807) is 0 Å². The fraction of sp³-hybridized carbons (Fsp3) is 1.00. The molecule has 0 aromatic heterocycles. The molecule has 0 saturated heterocycles. The predicted molar refractivity (Wildman–Crippen MR) is 104 cm³/mol. The van der Waals surface area contributed by atoms with Crippen LogP contribution < -0.4 is 10.9 Å². The molecule has 3 aliphatic carbocycles. The standard InChI is InChI=1S/C22H42N2/c1-16-4-8-18(9-5-16)14-19-10-13-21(22(15-19)24-23-3)20-11-6-17(2)7-12-20/h16-24H,4-15H2,1-3H3. The van der Waals surface area contributed by atoms with Gasteiger partial charge in [0.15, 0.2) is 0 Å². The van der Waals surface area contributed by atoms with Gasteiger partial charge in [0.25, 0.3) is 0 Å². The van der Waals surface area contributed by atoms with Gasteiger partial charge in [0.05, 0.1) is 0 Å². The van der Waals surface area contributed by atoms with Crippen LogP contribution in [0.15, 0.2) is 0 Å². The highest BCUT2D eigenvalue weighted by molar-refractivity contribution is 4.90. The van der Waals surface area contributed by atoms with Crippen molar-refractivity contribution in [3.05, 3.63) is 0 Å². The summed E-state index contributed by atoms with van der Waals surface area (Å²) in [5, 5.41) is 0. The molecule has 0 bridgehead atoms. The maximum atomic E-state index is 3.67. The van der Waals surface area contributed by atoms with Crippen molar-refractivity contribution in [1.82, 2.24) is 10.9 Å². The summed E-state index contributed by atoms with van der Waals surface area (Å²) in [5.41, 5.74) is 6.96. The summed E-state index contributed by atoms with van der Waals surface area (Å²) < 4.78 is 0. The Morgan fingerprint density at radius 1 is 0.708 bits per heavy atom. The Balaban J connectivity index is 1.51.